The van der Waals surface area contributed by atoms with Crippen molar-refractivity contribution in [3.05, 3.63) is 84.6 Å². The Morgan fingerprint density at radius 2 is 1.38 bits per heavy atom. The Hall–Kier alpha value is -3.45. The quantitative estimate of drug-likeness (QED) is 0.480. The van der Waals surface area contributed by atoms with Gasteiger partial charge in [0.05, 0.1) is 5.56 Å². The van der Waals surface area contributed by atoms with Crippen molar-refractivity contribution < 1.29 is 19.2 Å². The number of amides is 2. The first-order valence-corrected chi connectivity index (χ1v) is 10.2. The zero-order chi connectivity index (χ0) is 20.2. The summed E-state index contributed by atoms with van der Waals surface area (Å²) < 4.78 is 0. The third-order valence-corrected chi connectivity index (χ3v) is 6.47. The monoisotopic (exact) mass is 405 g/mol. The molecule has 144 valence electrons. The summed E-state index contributed by atoms with van der Waals surface area (Å²) >= 11 is 0. The topological polar surface area (TPSA) is 76.6 Å². The van der Waals surface area contributed by atoms with E-state index < -0.39 is 28.7 Å². The highest BCUT2D eigenvalue weighted by molar-refractivity contribution is 7.97. The summed E-state index contributed by atoms with van der Waals surface area (Å²) in [6, 6.07) is 23.4. The molecule has 0 spiro atoms. The van der Waals surface area contributed by atoms with E-state index in [2.05, 4.69) is 4.98 Å². The molecule has 2 amide bonds. The minimum absolute atomic E-state index is 0.0558. The third-order valence-electron chi connectivity index (χ3n) is 4.32. The van der Waals surface area contributed by atoms with Gasteiger partial charge in [-0.15, -0.1) is 5.06 Å². The lowest BCUT2D eigenvalue weighted by molar-refractivity contribution is -0.172. The molecule has 0 unspecified atom stereocenters. The van der Waals surface area contributed by atoms with Crippen molar-refractivity contribution >= 4 is 28.7 Å². The van der Waals surface area contributed by atoms with Crippen LogP contribution < -0.4 is 0 Å². The van der Waals surface area contributed by atoms with Crippen LogP contribution >= 0.6 is 0 Å². The Morgan fingerprint density at radius 3 is 1.86 bits per heavy atom. The maximum atomic E-state index is 12.3. The van der Waals surface area contributed by atoms with Gasteiger partial charge in [0.1, 0.15) is 10.9 Å². The molecule has 0 bridgehead atoms. The maximum Gasteiger partial charge on any atom is 0.365 e. The van der Waals surface area contributed by atoms with Gasteiger partial charge in [0.2, 0.25) is 0 Å². The summed E-state index contributed by atoms with van der Waals surface area (Å²) in [5.41, 5.74) is 0.172. The molecule has 3 aromatic rings. The molecular weight excluding hydrogens is 388 g/mol. The second kappa shape index (κ2) is 8.28. The van der Waals surface area contributed by atoms with Gasteiger partial charge in [-0.05, 0) is 30.3 Å². The number of imide groups is 1. The molecule has 29 heavy (non-hydrogen) atoms. The molecule has 0 N–H and O–H groups in total. The lowest BCUT2D eigenvalue weighted by atomic mass is 10.3. The van der Waals surface area contributed by atoms with Gasteiger partial charge in [0.15, 0.2) is 9.79 Å². The van der Waals surface area contributed by atoms with Crippen molar-refractivity contribution in [3.63, 3.8) is 0 Å². The van der Waals surface area contributed by atoms with Crippen molar-refractivity contribution in [1.82, 2.24) is 10.0 Å². The smallest absolute Gasteiger partial charge is 0.325 e. The van der Waals surface area contributed by atoms with Gasteiger partial charge in [-0.3, -0.25) is 9.59 Å². The van der Waals surface area contributed by atoms with Crippen LogP contribution in [0.3, 0.4) is 0 Å². The lowest BCUT2D eigenvalue weighted by Crippen LogP contribution is -2.32. The van der Waals surface area contributed by atoms with Crippen molar-refractivity contribution in [1.29, 1.82) is 0 Å². The molecular formula is C22H17N2O4S+. The minimum Gasteiger partial charge on any atom is -0.325 e. The van der Waals surface area contributed by atoms with Gasteiger partial charge in [-0.25, -0.2) is 9.78 Å². The van der Waals surface area contributed by atoms with E-state index in [0.717, 1.165) is 14.8 Å². The van der Waals surface area contributed by atoms with Crippen molar-refractivity contribution in [2.45, 2.75) is 27.7 Å². The summed E-state index contributed by atoms with van der Waals surface area (Å²) in [7, 11) is -0.433. The molecule has 0 radical (unpaired) electrons. The summed E-state index contributed by atoms with van der Waals surface area (Å²) in [6.45, 7) is 0. The van der Waals surface area contributed by atoms with Crippen molar-refractivity contribution in [2.24, 2.45) is 0 Å². The molecule has 1 aliphatic heterocycles. The van der Waals surface area contributed by atoms with Crippen LogP contribution in [0.2, 0.25) is 0 Å². The predicted molar refractivity (Wildman–Crippen MR) is 106 cm³/mol. The maximum absolute atomic E-state index is 12.3. The zero-order valence-electron chi connectivity index (χ0n) is 15.4. The first-order valence-electron chi connectivity index (χ1n) is 9.02. The van der Waals surface area contributed by atoms with Crippen molar-refractivity contribution in [3.8, 4) is 0 Å². The number of carbonyl (C=O) groups excluding carboxylic acids is 3. The zero-order valence-corrected chi connectivity index (χ0v) is 16.2. The average Bonchev–Trinajstić information content (AvgIpc) is 3.08. The summed E-state index contributed by atoms with van der Waals surface area (Å²) in [4.78, 5) is 47.2. The van der Waals surface area contributed by atoms with E-state index in [9.17, 15) is 14.4 Å². The fraction of sp³-hybridized carbons (Fsp3) is 0.0909. The van der Waals surface area contributed by atoms with Crippen molar-refractivity contribution in [2.75, 3.05) is 0 Å². The molecule has 0 aliphatic carbocycles. The fourth-order valence-corrected chi connectivity index (χ4v) is 4.88. The molecule has 1 aliphatic rings. The number of aromatic nitrogens is 1. The molecule has 0 atom stereocenters. The number of hydrogen-bond acceptors (Lipinski definition) is 5. The van der Waals surface area contributed by atoms with Gasteiger partial charge in [0.25, 0.3) is 16.8 Å². The molecule has 2 heterocycles. The van der Waals surface area contributed by atoms with Gasteiger partial charge in [0, 0.05) is 25.1 Å². The molecule has 1 fully saturated rings. The highest BCUT2D eigenvalue weighted by Gasteiger charge is 2.34. The van der Waals surface area contributed by atoms with E-state index in [1.165, 1.54) is 6.20 Å². The number of hydrogen-bond donors (Lipinski definition) is 0. The highest BCUT2D eigenvalue weighted by Crippen LogP contribution is 2.29. The largest absolute Gasteiger partial charge is 0.365 e. The normalized spacial score (nSPS) is 13.8. The van der Waals surface area contributed by atoms with Crippen LogP contribution in [0, 0.1) is 0 Å². The molecule has 0 saturated carbocycles. The molecule has 4 rings (SSSR count). The van der Waals surface area contributed by atoms with E-state index in [-0.39, 0.29) is 18.4 Å². The second-order valence-corrected chi connectivity index (χ2v) is 8.25. The van der Waals surface area contributed by atoms with Crippen LogP contribution in [-0.4, -0.2) is 27.8 Å². The number of carbonyl (C=O) groups is 3. The van der Waals surface area contributed by atoms with E-state index in [4.69, 9.17) is 4.84 Å². The van der Waals surface area contributed by atoms with Crippen LogP contribution in [-0.2, 0) is 25.3 Å². The number of pyridine rings is 1. The van der Waals surface area contributed by atoms with Crippen LogP contribution in [0.1, 0.15) is 23.2 Å². The molecule has 6 nitrogen and oxygen atoms in total. The van der Waals surface area contributed by atoms with Crippen LogP contribution in [0.25, 0.3) is 0 Å². The Balaban J connectivity index is 1.60. The van der Waals surface area contributed by atoms with Gasteiger partial charge in [-0.2, -0.15) is 0 Å². The van der Waals surface area contributed by atoms with Gasteiger partial charge < -0.3 is 4.84 Å². The molecule has 2 aromatic carbocycles. The SMILES string of the molecule is O=C(ON1C(=O)CCC1=O)c1ccc([S+](c2ccccc2)c2ccccc2)nc1. The van der Waals surface area contributed by atoms with Crippen LogP contribution in [0.5, 0.6) is 0 Å². The van der Waals surface area contributed by atoms with Crippen LogP contribution in [0.15, 0.2) is 93.8 Å². The molecule has 1 aromatic heterocycles. The number of rotatable bonds is 5. The van der Waals surface area contributed by atoms with Gasteiger partial charge in [-0.1, -0.05) is 36.4 Å². The van der Waals surface area contributed by atoms with E-state index >= 15 is 0 Å². The number of nitrogens with zero attached hydrogens (tertiary/aromatic N) is 2. The average molecular weight is 405 g/mol. The van der Waals surface area contributed by atoms with Gasteiger partial charge >= 0.3 is 5.97 Å². The Bertz CT molecular complexity index is 984. The summed E-state index contributed by atoms with van der Waals surface area (Å²) in [6.07, 6.45) is 1.52. The Morgan fingerprint density at radius 1 is 0.828 bits per heavy atom. The number of hydroxylamine groups is 2. The summed E-state index contributed by atoms with van der Waals surface area (Å²) in [5.74, 6) is -1.81. The van der Waals surface area contributed by atoms with E-state index in [1.807, 2.05) is 60.7 Å². The standard InChI is InChI=1S/C22H17N2O4S/c25-20-13-14-21(26)24(20)28-22(27)16-11-12-19(23-15-16)29(17-7-3-1-4-8-17)18-9-5-2-6-10-18/h1-12,15H,13-14H2/q+1. The molecule has 7 heteroatoms. The first-order chi connectivity index (χ1) is 14.1. The minimum atomic E-state index is -0.785. The predicted octanol–water partition coefficient (Wildman–Crippen LogP) is 3.40. The fourth-order valence-electron chi connectivity index (χ4n) is 2.91. The Kier molecular flexibility index (Phi) is 5.39. The molecule has 1 saturated heterocycles. The first kappa shape index (κ1) is 18.9. The Labute approximate surface area is 170 Å². The van der Waals surface area contributed by atoms with Crippen LogP contribution in [0.4, 0.5) is 0 Å². The second-order valence-electron chi connectivity index (χ2n) is 6.28. The summed E-state index contributed by atoms with van der Waals surface area (Å²) in [5, 5.41) is 1.33. The lowest BCUT2D eigenvalue weighted by Gasteiger charge is -2.12. The third kappa shape index (κ3) is 4.05. The van der Waals surface area contributed by atoms with E-state index in [0.29, 0.717) is 5.06 Å². The number of benzene rings is 2. The van der Waals surface area contributed by atoms with E-state index in [1.54, 1.807) is 12.1 Å². The highest BCUT2D eigenvalue weighted by atomic mass is 32.2.